The molecule has 0 radical (unpaired) electrons. The molecule has 1 aliphatic rings. The molecule has 2 aromatic rings. The van der Waals surface area contributed by atoms with Gasteiger partial charge >= 0.3 is 0 Å². The van der Waals surface area contributed by atoms with Crippen LogP contribution in [0.4, 0.5) is 5.69 Å². The number of fused-ring (bicyclic) bond motifs is 1. The topological polar surface area (TPSA) is 67.9 Å². The lowest BCUT2D eigenvalue weighted by molar-refractivity contribution is -0.113. The molecule has 0 aromatic heterocycles. The van der Waals surface area contributed by atoms with E-state index >= 15 is 0 Å². The molecule has 0 bridgehead atoms. The van der Waals surface area contributed by atoms with Crippen molar-refractivity contribution in [1.82, 2.24) is 0 Å². The Balaban J connectivity index is 2.12. The number of benzene rings is 2. The van der Waals surface area contributed by atoms with Gasteiger partial charge < -0.3 is 4.90 Å². The summed E-state index contributed by atoms with van der Waals surface area (Å²) >= 11 is 6.03. The maximum absolute atomic E-state index is 12.8. The van der Waals surface area contributed by atoms with Crippen LogP contribution in [0.3, 0.4) is 0 Å². The quantitative estimate of drug-likeness (QED) is 0.616. The number of amides is 1. The first kappa shape index (κ1) is 15.8. The second-order valence-electron chi connectivity index (χ2n) is 5.51. The first-order valence-electron chi connectivity index (χ1n) is 7.27. The van der Waals surface area contributed by atoms with Crippen molar-refractivity contribution in [2.75, 3.05) is 4.90 Å². The van der Waals surface area contributed by atoms with E-state index in [0.717, 1.165) is 11.1 Å². The second kappa shape index (κ2) is 6.20. The van der Waals surface area contributed by atoms with E-state index in [1.54, 1.807) is 35.2 Å². The molecule has 0 spiro atoms. The van der Waals surface area contributed by atoms with E-state index in [1.165, 1.54) is 0 Å². The van der Waals surface area contributed by atoms with Crippen LogP contribution >= 0.6 is 11.6 Å². The lowest BCUT2D eigenvalue weighted by Crippen LogP contribution is -2.26. The number of hydrogen-bond donors (Lipinski definition) is 0. The highest BCUT2D eigenvalue weighted by molar-refractivity contribution is 6.36. The maximum Gasteiger partial charge on any atom is 0.261 e. The zero-order valence-electron chi connectivity index (χ0n) is 12.9. The highest BCUT2D eigenvalue weighted by Gasteiger charge is 2.35. The van der Waals surface area contributed by atoms with Gasteiger partial charge in [-0.25, -0.2) is 0 Å². The van der Waals surface area contributed by atoms with Crippen molar-refractivity contribution in [3.8, 4) is 12.1 Å². The van der Waals surface area contributed by atoms with Gasteiger partial charge in [-0.05, 0) is 30.7 Å². The van der Waals surface area contributed by atoms with Gasteiger partial charge in [-0.3, -0.25) is 4.79 Å². The highest BCUT2D eigenvalue weighted by atomic mass is 35.5. The Kier molecular flexibility index (Phi) is 4.08. The normalized spacial score (nSPS) is 12.6. The Morgan fingerprint density at radius 3 is 2.42 bits per heavy atom. The minimum absolute atomic E-state index is 0.115. The molecular weight excluding hydrogens is 322 g/mol. The smallest absolute Gasteiger partial charge is 0.261 e. The zero-order valence-corrected chi connectivity index (χ0v) is 13.6. The largest absolute Gasteiger partial charge is 0.303 e. The van der Waals surface area contributed by atoms with E-state index in [-0.39, 0.29) is 17.1 Å². The minimum atomic E-state index is -0.356. The molecule has 0 atom stereocenters. The number of allylic oxidation sites excluding steroid dienone is 1. The molecule has 2 aromatic carbocycles. The van der Waals surface area contributed by atoms with Crippen molar-refractivity contribution in [3.05, 3.63) is 69.8 Å². The van der Waals surface area contributed by atoms with Gasteiger partial charge in [0, 0.05) is 10.6 Å². The minimum Gasteiger partial charge on any atom is -0.303 e. The monoisotopic (exact) mass is 333 g/mol. The summed E-state index contributed by atoms with van der Waals surface area (Å²) in [5.74, 6) is -0.356. The number of carbonyl (C=O) groups is 1. The SMILES string of the molecule is Cc1ccc(CN2C(=O)C(=C(C#N)C#N)c3cc(Cl)ccc32)cc1. The van der Waals surface area contributed by atoms with E-state index in [9.17, 15) is 15.3 Å². The van der Waals surface area contributed by atoms with Crippen LogP contribution in [0.1, 0.15) is 16.7 Å². The number of anilines is 1. The van der Waals surface area contributed by atoms with Crippen molar-refractivity contribution in [2.45, 2.75) is 13.5 Å². The molecule has 1 heterocycles. The van der Waals surface area contributed by atoms with Gasteiger partial charge in [0.2, 0.25) is 0 Å². The van der Waals surface area contributed by atoms with E-state index in [1.807, 2.05) is 31.2 Å². The molecule has 0 aliphatic carbocycles. The number of carbonyl (C=O) groups excluding carboxylic acids is 1. The average Bonchev–Trinajstić information content (AvgIpc) is 2.83. The molecule has 0 saturated heterocycles. The molecule has 0 N–H and O–H groups in total. The highest BCUT2D eigenvalue weighted by Crippen LogP contribution is 2.40. The van der Waals surface area contributed by atoms with Gasteiger partial charge in [0.05, 0.1) is 17.8 Å². The third-order valence-electron chi connectivity index (χ3n) is 3.91. The molecule has 1 amide bonds. The van der Waals surface area contributed by atoms with Crippen molar-refractivity contribution >= 4 is 28.8 Å². The second-order valence-corrected chi connectivity index (χ2v) is 5.95. The summed E-state index contributed by atoms with van der Waals surface area (Å²) in [6.07, 6.45) is 0. The lowest BCUT2D eigenvalue weighted by Gasteiger charge is -2.17. The number of hydrogen-bond acceptors (Lipinski definition) is 3. The van der Waals surface area contributed by atoms with Crippen molar-refractivity contribution in [3.63, 3.8) is 0 Å². The predicted octanol–water partition coefficient (Wildman–Crippen LogP) is 4.00. The van der Waals surface area contributed by atoms with Crippen LogP contribution in [0.25, 0.3) is 5.57 Å². The van der Waals surface area contributed by atoms with Gasteiger partial charge in [-0.2, -0.15) is 10.5 Å². The fraction of sp³-hybridized carbons (Fsp3) is 0.105. The number of nitriles is 2. The van der Waals surface area contributed by atoms with Crippen LogP contribution in [0.2, 0.25) is 5.02 Å². The van der Waals surface area contributed by atoms with Crippen LogP contribution in [-0.4, -0.2) is 5.91 Å². The Morgan fingerprint density at radius 2 is 1.79 bits per heavy atom. The molecule has 3 rings (SSSR count). The lowest BCUT2D eigenvalue weighted by atomic mass is 10.0. The summed E-state index contributed by atoms with van der Waals surface area (Å²) in [5.41, 5.74) is 3.20. The summed E-state index contributed by atoms with van der Waals surface area (Å²) < 4.78 is 0. The van der Waals surface area contributed by atoms with Crippen LogP contribution in [0, 0.1) is 29.6 Å². The molecule has 0 unspecified atom stereocenters. The van der Waals surface area contributed by atoms with Crippen molar-refractivity contribution in [1.29, 1.82) is 10.5 Å². The predicted molar refractivity (Wildman–Crippen MR) is 92.0 cm³/mol. The summed E-state index contributed by atoms with van der Waals surface area (Å²) in [5, 5.41) is 18.8. The molecule has 1 aliphatic heterocycles. The first-order valence-corrected chi connectivity index (χ1v) is 7.64. The van der Waals surface area contributed by atoms with Gasteiger partial charge in [0.15, 0.2) is 0 Å². The third kappa shape index (κ3) is 2.65. The van der Waals surface area contributed by atoms with Crippen molar-refractivity contribution < 1.29 is 4.79 Å². The number of halogens is 1. The molecule has 24 heavy (non-hydrogen) atoms. The molecule has 116 valence electrons. The van der Waals surface area contributed by atoms with Crippen LogP contribution in [0.15, 0.2) is 48.0 Å². The molecule has 4 nitrogen and oxygen atoms in total. The first-order chi connectivity index (χ1) is 11.5. The molecule has 0 fully saturated rings. The average molecular weight is 334 g/mol. The number of aryl methyl sites for hydroxylation is 1. The zero-order chi connectivity index (χ0) is 17.3. The molecular formula is C19H12ClN3O. The van der Waals surface area contributed by atoms with E-state index in [0.29, 0.717) is 22.8 Å². The number of nitrogens with zero attached hydrogens (tertiary/aromatic N) is 3. The van der Waals surface area contributed by atoms with Crippen LogP contribution < -0.4 is 4.90 Å². The van der Waals surface area contributed by atoms with Gasteiger partial charge in [-0.1, -0.05) is 41.4 Å². The third-order valence-corrected chi connectivity index (χ3v) is 4.15. The van der Waals surface area contributed by atoms with Crippen molar-refractivity contribution in [2.24, 2.45) is 0 Å². The van der Waals surface area contributed by atoms with Gasteiger partial charge in [0.1, 0.15) is 17.7 Å². The van der Waals surface area contributed by atoms with E-state index in [4.69, 9.17) is 11.6 Å². The fourth-order valence-electron chi connectivity index (χ4n) is 2.71. The Labute approximate surface area is 144 Å². The Morgan fingerprint density at radius 1 is 1.12 bits per heavy atom. The van der Waals surface area contributed by atoms with E-state index in [2.05, 4.69) is 0 Å². The maximum atomic E-state index is 12.8. The summed E-state index contributed by atoms with van der Waals surface area (Å²) in [4.78, 5) is 14.4. The molecule has 5 heteroatoms. The summed E-state index contributed by atoms with van der Waals surface area (Å²) in [7, 11) is 0. The standard InChI is InChI=1S/C19H12ClN3O/c1-12-2-4-13(5-3-12)11-23-17-7-6-15(20)8-16(17)18(19(23)24)14(9-21)10-22/h2-8H,11H2,1H3. The summed E-state index contributed by atoms with van der Waals surface area (Å²) in [6.45, 7) is 2.36. The van der Waals surface area contributed by atoms with Gasteiger partial charge in [-0.15, -0.1) is 0 Å². The fourth-order valence-corrected chi connectivity index (χ4v) is 2.89. The summed E-state index contributed by atoms with van der Waals surface area (Å²) in [6, 6.07) is 16.5. The van der Waals surface area contributed by atoms with E-state index < -0.39 is 0 Å². The van der Waals surface area contributed by atoms with Crippen LogP contribution in [-0.2, 0) is 11.3 Å². The number of rotatable bonds is 2. The van der Waals surface area contributed by atoms with Crippen LogP contribution in [0.5, 0.6) is 0 Å². The Bertz CT molecular complexity index is 930. The van der Waals surface area contributed by atoms with Gasteiger partial charge in [0.25, 0.3) is 5.91 Å². The Hall–Kier alpha value is -3.08. The molecule has 0 saturated carbocycles.